The number of esters is 1. The van der Waals surface area contributed by atoms with Crippen LogP contribution in [0, 0.1) is 0 Å². The Hall–Kier alpha value is -1.59. The molecule has 0 amide bonds. The highest BCUT2D eigenvalue weighted by Crippen LogP contribution is 2.23. The summed E-state index contributed by atoms with van der Waals surface area (Å²) in [6, 6.07) is 15.2. The third kappa shape index (κ3) is 6.01. The molecule has 0 spiro atoms. The van der Waals surface area contributed by atoms with Crippen molar-refractivity contribution in [1.82, 2.24) is 0 Å². The van der Waals surface area contributed by atoms with E-state index in [9.17, 15) is 4.79 Å². The lowest BCUT2D eigenvalue weighted by molar-refractivity contribution is -0.156. The lowest BCUT2D eigenvalue weighted by atomic mass is 9.99. The molecule has 0 heterocycles. The fraction of sp³-hybridized carbons (Fsp3) is 0.316. The molecule has 0 radical (unpaired) electrons. The van der Waals surface area contributed by atoms with E-state index in [0.717, 1.165) is 16.7 Å². The second-order valence-electron chi connectivity index (χ2n) is 5.48. The van der Waals surface area contributed by atoms with E-state index in [-0.39, 0.29) is 12.4 Å². The summed E-state index contributed by atoms with van der Waals surface area (Å²) in [6.07, 6.45) is -0.245. The molecular formula is C19H23Cl2NO3. The molecule has 136 valence electrons. The molecule has 4 nitrogen and oxygen atoms in total. The van der Waals surface area contributed by atoms with Crippen LogP contribution in [0.5, 0.6) is 0 Å². The minimum absolute atomic E-state index is 0. The fourth-order valence-electron chi connectivity index (χ4n) is 2.55. The van der Waals surface area contributed by atoms with Gasteiger partial charge < -0.3 is 15.2 Å². The maximum Gasteiger partial charge on any atom is 0.336 e. The van der Waals surface area contributed by atoms with E-state index in [2.05, 4.69) is 0 Å². The Morgan fingerprint density at radius 3 is 2.40 bits per heavy atom. The molecule has 2 unspecified atom stereocenters. The Balaban J connectivity index is 0.00000312. The molecule has 2 rings (SSSR count). The molecule has 0 bridgehead atoms. The number of ether oxygens (including phenoxy) is 2. The van der Waals surface area contributed by atoms with E-state index in [1.165, 1.54) is 7.11 Å². The third-order valence-electron chi connectivity index (χ3n) is 3.74. The summed E-state index contributed by atoms with van der Waals surface area (Å²) in [5.41, 5.74) is 9.27. The zero-order valence-corrected chi connectivity index (χ0v) is 15.8. The first-order chi connectivity index (χ1) is 11.5. The molecule has 0 aliphatic carbocycles. The maximum absolute atomic E-state index is 11.8. The lowest BCUT2D eigenvalue weighted by Gasteiger charge is -2.21. The molecule has 6 heteroatoms. The molecule has 0 fully saturated rings. The smallest absolute Gasteiger partial charge is 0.336 e. The fourth-order valence-corrected chi connectivity index (χ4v) is 2.74. The largest absolute Gasteiger partial charge is 0.464 e. The van der Waals surface area contributed by atoms with Crippen molar-refractivity contribution >= 4 is 30.0 Å². The predicted molar refractivity (Wildman–Crippen MR) is 103 cm³/mol. The van der Waals surface area contributed by atoms with E-state index in [0.29, 0.717) is 18.1 Å². The van der Waals surface area contributed by atoms with E-state index in [4.69, 9.17) is 26.8 Å². The van der Waals surface area contributed by atoms with Crippen LogP contribution >= 0.6 is 24.0 Å². The molecule has 2 N–H and O–H groups in total. The van der Waals surface area contributed by atoms with Gasteiger partial charge in [0.05, 0.1) is 6.61 Å². The molecule has 0 aliphatic heterocycles. The van der Waals surface area contributed by atoms with Gasteiger partial charge in [0.25, 0.3) is 0 Å². The van der Waals surface area contributed by atoms with Crippen molar-refractivity contribution in [2.24, 2.45) is 5.73 Å². The summed E-state index contributed by atoms with van der Waals surface area (Å²) in [6.45, 7) is 2.06. The molecule has 0 saturated heterocycles. The highest BCUT2D eigenvalue weighted by Gasteiger charge is 2.26. The number of halogens is 2. The van der Waals surface area contributed by atoms with Crippen LogP contribution in [0.1, 0.15) is 12.5 Å². The number of methoxy groups -OCH3 is 1. The van der Waals surface area contributed by atoms with Crippen molar-refractivity contribution < 1.29 is 14.3 Å². The molecule has 2 aromatic carbocycles. The van der Waals surface area contributed by atoms with Gasteiger partial charge >= 0.3 is 5.97 Å². The second kappa shape index (κ2) is 10.4. The molecule has 2 atom stereocenters. The Kier molecular flexibility index (Phi) is 8.93. The standard InChI is InChI=1S/C19H22ClNO3.ClH/c1-3-24-19(22)18(23-2)17(21)11-13-7-9-14(10-8-13)15-5-4-6-16(20)12-15;/h4-10,12,17-18H,3,11,21H2,1-2H3;1H. The molecule has 0 saturated carbocycles. The third-order valence-corrected chi connectivity index (χ3v) is 3.98. The average Bonchev–Trinajstić information content (AvgIpc) is 2.56. The first-order valence-corrected chi connectivity index (χ1v) is 8.22. The lowest BCUT2D eigenvalue weighted by Crippen LogP contribution is -2.44. The van der Waals surface area contributed by atoms with Crippen molar-refractivity contribution in [2.45, 2.75) is 25.5 Å². The molecule has 0 aromatic heterocycles. The monoisotopic (exact) mass is 383 g/mol. The zero-order valence-electron chi connectivity index (χ0n) is 14.3. The van der Waals surface area contributed by atoms with Crippen LogP contribution in [0.2, 0.25) is 5.02 Å². The summed E-state index contributed by atoms with van der Waals surface area (Å²) in [5, 5.41) is 0.705. The van der Waals surface area contributed by atoms with Crippen molar-refractivity contribution in [3.8, 4) is 11.1 Å². The first-order valence-electron chi connectivity index (χ1n) is 7.85. The van der Waals surface area contributed by atoms with Crippen LogP contribution < -0.4 is 5.73 Å². The number of rotatable bonds is 7. The number of hydrogen-bond acceptors (Lipinski definition) is 4. The zero-order chi connectivity index (χ0) is 17.5. The minimum Gasteiger partial charge on any atom is -0.464 e. The summed E-state index contributed by atoms with van der Waals surface area (Å²) < 4.78 is 10.2. The minimum atomic E-state index is -0.766. The van der Waals surface area contributed by atoms with Crippen LogP contribution in [-0.2, 0) is 20.7 Å². The van der Waals surface area contributed by atoms with Gasteiger partial charge in [-0.05, 0) is 42.2 Å². The Labute approximate surface area is 159 Å². The average molecular weight is 384 g/mol. The van der Waals surface area contributed by atoms with Gasteiger partial charge in [-0.15, -0.1) is 12.4 Å². The predicted octanol–water partition coefficient (Wildman–Crippen LogP) is 3.88. The van der Waals surface area contributed by atoms with Gasteiger partial charge in [0.1, 0.15) is 0 Å². The van der Waals surface area contributed by atoms with Crippen LogP contribution in [0.25, 0.3) is 11.1 Å². The van der Waals surface area contributed by atoms with Crippen molar-refractivity contribution in [2.75, 3.05) is 13.7 Å². The normalized spacial score (nSPS) is 12.8. The van der Waals surface area contributed by atoms with Crippen molar-refractivity contribution in [1.29, 1.82) is 0 Å². The van der Waals surface area contributed by atoms with Crippen LogP contribution in [0.4, 0.5) is 0 Å². The van der Waals surface area contributed by atoms with Gasteiger partial charge in [0, 0.05) is 18.2 Å². The second-order valence-corrected chi connectivity index (χ2v) is 5.92. The number of hydrogen-bond donors (Lipinski definition) is 1. The summed E-state index contributed by atoms with van der Waals surface area (Å²) in [5.74, 6) is -0.428. The van der Waals surface area contributed by atoms with Gasteiger partial charge in [-0.1, -0.05) is 48.0 Å². The van der Waals surface area contributed by atoms with Crippen molar-refractivity contribution in [3.05, 3.63) is 59.1 Å². The van der Waals surface area contributed by atoms with Crippen molar-refractivity contribution in [3.63, 3.8) is 0 Å². The number of nitrogens with two attached hydrogens (primary N) is 1. The van der Waals surface area contributed by atoms with E-state index in [1.54, 1.807) is 6.92 Å². The Bertz CT molecular complexity index is 677. The molecule has 2 aromatic rings. The SMILES string of the molecule is CCOC(=O)C(OC)C(N)Cc1ccc(-c2cccc(Cl)c2)cc1.Cl. The quantitative estimate of drug-likeness (QED) is 0.736. The van der Waals surface area contributed by atoms with Gasteiger partial charge in [-0.3, -0.25) is 0 Å². The van der Waals surface area contributed by atoms with Crippen LogP contribution in [0.3, 0.4) is 0 Å². The number of carbonyl (C=O) groups excluding carboxylic acids is 1. The number of carbonyl (C=O) groups is 1. The van der Waals surface area contributed by atoms with Gasteiger partial charge in [0.15, 0.2) is 6.10 Å². The summed E-state index contributed by atoms with van der Waals surface area (Å²) in [7, 11) is 1.46. The first kappa shape index (κ1) is 21.5. The highest BCUT2D eigenvalue weighted by atomic mass is 35.5. The van der Waals surface area contributed by atoms with Gasteiger partial charge in [0.2, 0.25) is 0 Å². The van der Waals surface area contributed by atoms with Gasteiger partial charge in [-0.25, -0.2) is 4.79 Å². The number of benzene rings is 2. The van der Waals surface area contributed by atoms with E-state index in [1.807, 2.05) is 48.5 Å². The maximum atomic E-state index is 11.8. The van der Waals surface area contributed by atoms with Gasteiger partial charge in [-0.2, -0.15) is 0 Å². The van der Waals surface area contributed by atoms with E-state index < -0.39 is 18.1 Å². The Morgan fingerprint density at radius 1 is 1.16 bits per heavy atom. The Morgan fingerprint density at radius 2 is 1.84 bits per heavy atom. The molecular weight excluding hydrogens is 361 g/mol. The highest BCUT2D eigenvalue weighted by molar-refractivity contribution is 6.30. The summed E-state index contributed by atoms with van der Waals surface area (Å²) in [4.78, 5) is 11.8. The molecule has 0 aliphatic rings. The topological polar surface area (TPSA) is 61.5 Å². The summed E-state index contributed by atoms with van der Waals surface area (Å²) >= 11 is 6.03. The van der Waals surface area contributed by atoms with Crippen LogP contribution in [-0.4, -0.2) is 31.8 Å². The molecule has 25 heavy (non-hydrogen) atoms. The van der Waals surface area contributed by atoms with E-state index >= 15 is 0 Å². The van der Waals surface area contributed by atoms with Crippen LogP contribution in [0.15, 0.2) is 48.5 Å².